The zero-order chi connectivity index (χ0) is 19.1. The number of halogens is 1. The van der Waals surface area contributed by atoms with Crippen LogP contribution in [0.4, 0.5) is 4.39 Å². The van der Waals surface area contributed by atoms with Gasteiger partial charge in [-0.3, -0.25) is 4.79 Å². The van der Waals surface area contributed by atoms with Gasteiger partial charge >= 0.3 is 0 Å². The highest BCUT2D eigenvalue weighted by Crippen LogP contribution is 2.36. The van der Waals surface area contributed by atoms with E-state index < -0.39 is 0 Å². The first-order valence-corrected chi connectivity index (χ1v) is 9.74. The Hall–Kier alpha value is -2.62. The molecule has 1 aliphatic heterocycles. The van der Waals surface area contributed by atoms with Crippen LogP contribution in [0.5, 0.6) is 0 Å². The van der Waals surface area contributed by atoms with Gasteiger partial charge in [-0.25, -0.2) is 4.39 Å². The molecule has 4 heteroatoms. The van der Waals surface area contributed by atoms with E-state index in [-0.39, 0.29) is 17.8 Å². The minimum absolute atomic E-state index is 0.0839. The van der Waals surface area contributed by atoms with E-state index in [1.54, 1.807) is 0 Å². The van der Waals surface area contributed by atoms with Crippen LogP contribution in [0.1, 0.15) is 48.7 Å². The third kappa shape index (κ3) is 3.03. The van der Waals surface area contributed by atoms with Crippen molar-refractivity contribution in [3.63, 3.8) is 0 Å². The second kappa shape index (κ2) is 6.84. The highest BCUT2D eigenvalue weighted by Gasteiger charge is 2.29. The van der Waals surface area contributed by atoms with Crippen molar-refractivity contribution in [2.75, 3.05) is 6.54 Å². The molecule has 1 aromatic heterocycles. The topological polar surface area (TPSA) is 36.1 Å². The van der Waals surface area contributed by atoms with E-state index in [9.17, 15) is 9.18 Å². The number of aromatic nitrogens is 1. The maximum atomic E-state index is 14.2. The molecule has 0 radical (unpaired) electrons. The Morgan fingerprint density at radius 1 is 1.19 bits per heavy atom. The number of H-pyrrole nitrogens is 1. The molecule has 0 bridgehead atoms. The highest BCUT2D eigenvalue weighted by atomic mass is 19.1. The van der Waals surface area contributed by atoms with Crippen LogP contribution in [-0.4, -0.2) is 28.4 Å². The van der Waals surface area contributed by atoms with Crippen LogP contribution in [0.15, 0.2) is 36.4 Å². The van der Waals surface area contributed by atoms with Gasteiger partial charge in [0.1, 0.15) is 5.82 Å². The largest absolute Gasteiger partial charge is 0.354 e. The van der Waals surface area contributed by atoms with Crippen molar-refractivity contribution >= 4 is 16.8 Å². The molecule has 2 heterocycles. The smallest absolute Gasteiger partial charge is 0.254 e. The Kier molecular flexibility index (Phi) is 4.50. The summed E-state index contributed by atoms with van der Waals surface area (Å²) < 4.78 is 14.2. The summed E-state index contributed by atoms with van der Waals surface area (Å²) in [5, 5.41) is 0.872. The van der Waals surface area contributed by atoms with Gasteiger partial charge in [-0.05, 0) is 55.5 Å². The van der Waals surface area contributed by atoms with Gasteiger partial charge in [-0.15, -0.1) is 0 Å². The van der Waals surface area contributed by atoms with Crippen molar-refractivity contribution in [3.05, 3.63) is 58.9 Å². The fourth-order valence-electron chi connectivity index (χ4n) is 4.14. The summed E-state index contributed by atoms with van der Waals surface area (Å²) in [5.74, 6) is -0.466. The third-order valence-electron chi connectivity index (χ3n) is 5.46. The predicted octanol–water partition coefficient (Wildman–Crippen LogP) is 5.33. The van der Waals surface area contributed by atoms with Crippen LogP contribution in [0.25, 0.3) is 22.2 Å². The monoisotopic (exact) mass is 364 g/mol. The van der Waals surface area contributed by atoms with E-state index in [1.807, 2.05) is 18.7 Å². The zero-order valence-corrected chi connectivity index (χ0v) is 16.1. The number of rotatable bonds is 4. The summed E-state index contributed by atoms with van der Waals surface area (Å²) in [7, 11) is 0. The molecule has 0 unspecified atom stereocenters. The van der Waals surface area contributed by atoms with E-state index in [1.165, 1.54) is 17.7 Å². The normalized spacial score (nSPS) is 14.3. The first-order chi connectivity index (χ1) is 13.0. The number of aryl methyl sites for hydroxylation is 1. The van der Waals surface area contributed by atoms with E-state index >= 15 is 0 Å². The molecule has 140 valence electrons. The van der Waals surface area contributed by atoms with Crippen molar-refractivity contribution in [2.24, 2.45) is 0 Å². The molecule has 0 spiro atoms. The summed E-state index contributed by atoms with van der Waals surface area (Å²) >= 11 is 0. The maximum absolute atomic E-state index is 14.2. The van der Waals surface area contributed by atoms with Crippen molar-refractivity contribution in [1.29, 1.82) is 0 Å². The molecule has 1 amide bonds. The third-order valence-corrected chi connectivity index (χ3v) is 5.46. The lowest BCUT2D eigenvalue weighted by Crippen LogP contribution is -2.37. The molecule has 1 N–H and O–H groups in total. The second-order valence-corrected chi connectivity index (χ2v) is 7.64. The molecular weight excluding hydrogens is 339 g/mol. The van der Waals surface area contributed by atoms with E-state index in [2.05, 4.69) is 36.2 Å². The van der Waals surface area contributed by atoms with Crippen LogP contribution >= 0.6 is 0 Å². The number of hydrogen-bond donors (Lipinski definition) is 1. The molecule has 0 aliphatic carbocycles. The van der Waals surface area contributed by atoms with Crippen molar-refractivity contribution in [3.8, 4) is 11.3 Å². The van der Waals surface area contributed by atoms with Crippen LogP contribution in [0, 0.1) is 5.82 Å². The van der Waals surface area contributed by atoms with Crippen molar-refractivity contribution in [2.45, 2.75) is 46.1 Å². The quantitative estimate of drug-likeness (QED) is 0.667. The predicted molar refractivity (Wildman–Crippen MR) is 108 cm³/mol. The fourth-order valence-corrected chi connectivity index (χ4v) is 4.14. The van der Waals surface area contributed by atoms with E-state index in [4.69, 9.17) is 0 Å². The Balaban J connectivity index is 1.89. The number of benzene rings is 2. The lowest BCUT2D eigenvalue weighted by molar-refractivity contribution is 0.0713. The van der Waals surface area contributed by atoms with Gasteiger partial charge in [-0.2, -0.15) is 0 Å². The number of carbonyl (C=O) groups is 1. The average molecular weight is 364 g/mol. The molecule has 0 saturated heterocycles. The Morgan fingerprint density at radius 3 is 2.59 bits per heavy atom. The molecule has 0 saturated carbocycles. The summed E-state index contributed by atoms with van der Waals surface area (Å²) in [6.07, 6.45) is 2.94. The molecular formula is C23H25FN2O. The molecule has 4 rings (SSSR count). The average Bonchev–Trinajstić information content (AvgIpc) is 2.92. The molecule has 3 aromatic rings. The number of nitrogens with one attached hydrogen (secondary N) is 1. The van der Waals surface area contributed by atoms with Crippen molar-refractivity contribution < 1.29 is 9.18 Å². The first-order valence-electron chi connectivity index (χ1n) is 9.74. The van der Waals surface area contributed by atoms with Gasteiger partial charge < -0.3 is 9.88 Å². The van der Waals surface area contributed by atoms with Crippen LogP contribution in [-0.2, 0) is 12.8 Å². The van der Waals surface area contributed by atoms with Gasteiger partial charge in [0.2, 0.25) is 0 Å². The Morgan fingerprint density at radius 2 is 1.93 bits per heavy atom. The van der Waals surface area contributed by atoms with Crippen LogP contribution < -0.4 is 0 Å². The van der Waals surface area contributed by atoms with Gasteiger partial charge in [0, 0.05) is 29.2 Å². The SMILES string of the molecule is CCCc1ccc(-c2[nH]c3cc(F)cc4c3c2CCN(C(C)C)C4=O)cc1. The van der Waals surface area contributed by atoms with E-state index in [0.717, 1.165) is 41.5 Å². The fraction of sp³-hybridized carbons (Fsp3) is 0.348. The lowest BCUT2D eigenvalue weighted by atomic mass is 9.99. The summed E-state index contributed by atoms with van der Waals surface area (Å²) in [5.41, 5.74) is 5.68. The second-order valence-electron chi connectivity index (χ2n) is 7.64. The molecule has 1 aliphatic rings. The van der Waals surface area contributed by atoms with Crippen molar-refractivity contribution in [1.82, 2.24) is 9.88 Å². The maximum Gasteiger partial charge on any atom is 0.254 e. The number of nitrogens with zero attached hydrogens (tertiary/aromatic N) is 1. The standard InChI is InChI=1S/C23H25FN2O/c1-4-5-15-6-8-16(9-7-15)22-18-10-11-26(14(2)3)23(27)19-12-17(24)13-20(25-22)21(18)19/h6-9,12-14,25H,4-5,10-11H2,1-3H3. The minimum Gasteiger partial charge on any atom is -0.354 e. The molecule has 2 aromatic carbocycles. The number of carbonyl (C=O) groups excluding carboxylic acids is 1. The highest BCUT2D eigenvalue weighted by molar-refractivity contribution is 6.10. The van der Waals surface area contributed by atoms with Gasteiger partial charge in [0.15, 0.2) is 0 Å². The first kappa shape index (κ1) is 17.8. The van der Waals surface area contributed by atoms with Gasteiger partial charge in [0.25, 0.3) is 5.91 Å². The Labute approximate surface area is 159 Å². The molecule has 0 atom stereocenters. The summed E-state index contributed by atoms with van der Waals surface area (Å²) in [6.45, 7) is 6.82. The molecule has 27 heavy (non-hydrogen) atoms. The molecule has 0 fully saturated rings. The van der Waals surface area contributed by atoms with Crippen LogP contribution in [0.3, 0.4) is 0 Å². The minimum atomic E-state index is -0.380. The van der Waals surface area contributed by atoms with Gasteiger partial charge in [0.05, 0.1) is 5.56 Å². The van der Waals surface area contributed by atoms with E-state index in [0.29, 0.717) is 17.6 Å². The lowest BCUT2D eigenvalue weighted by Gasteiger charge is -2.25. The summed E-state index contributed by atoms with van der Waals surface area (Å²) in [4.78, 5) is 18.2. The number of aromatic amines is 1. The van der Waals surface area contributed by atoms with Crippen LogP contribution in [0.2, 0.25) is 0 Å². The Bertz CT molecular complexity index is 1000. The number of hydrogen-bond acceptors (Lipinski definition) is 1. The number of amides is 1. The molecule has 3 nitrogen and oxygen atoms in total. The zero-order valence-electron chi connectivity index (χ0n) is 16.1. The van der Waals surface area contributed by atoms with Gasteiger partial charge in [-0.1, -0.05) is 37.6 Å². The summed E-state index contributed by atoms with van der Waals surface area (Å²) in [6, 6.07) is 11.5.